The molecule has 2 aromatic heterocycles. The summed E-state index contributed by atoms with van der Waals surface area (Å²) in [7, 11) is 0. The van der Waals surface area contributed by atoms with Crippen molar-refractivity contribution in [3.05, 3.63) is 83.9 Å². The molecule has 0 N–H and O–H groups in total. The molecule has 0 amide bonds. The number of hydrogen-bond acceptors (Lipinski definition) is 6. The zero-order valence-electron chi connectivity index (χ0n) is 18.3. The minimum Gasteiger partial charge on any atom is -0.872 e. The van der Waals surface area contributed by atoms with E-state index in [1.165, 1.54) is 0 Å². The third-order valence-corrected chi connectivity index (χ3v) is 4.59. The Balaban J connectivity index is 0.000000714. The van der Waals surface area contributed by atoms with Gasteiger partial charge in [-0.15, -0.1) is 0 Å². The predicted octanol–water partition coefficient (Wildman–Crippen LogP) is 3.00. The van der Waals surface area contributed by atoms with Crippen LogP contribution in [0.15, 0.2) is 72.8 Å². The summed E-state index contributed by atoms with van der Waals surface area (Å²) in [6.07, 6.45) is 0. The van der Waals surface area contributed by atoms with E-state index in [1.54, 1.807) is 24.3 Å². The van der Waals surface area contributed by atoms with Crippen LogP contribution in [-0.4, -0.2) is 15.9 Å². The molecule has 7 heteroatoms. The molecule has 0 bridgehead atoms. The summed E-state index contributed by atoms with van der Waals surface area (Å²) in [6.45, 7) is 4.75. The van der Waals surface area contributed by atoms with Crippen LogP contribution < -0.4 is 15.3 Å². The molecule has 4 aromatic rings. The second-order valence-corrected chi connectivity index (χ2v) is 7.31. The number of carboxylic acids is 1. The van der Waals surface area contributed by atoms with Crippen LogP contribution in [0.5, 0.6) is 11.5 Å². The van der Waals surface area contributed by atoms with Gasteiger partial charge in [0.15, 0.2) is 0 Å². The summed E-state index contributed by atoms with van der Waals surface area (Å²) in [4.78, 5) is 18.2. The van der Waals surface area contributed by atoms with Gasteiger partial charge in [0, 0.05) is 5.97 Å². The van der Waals surface area contributed by atoms with Gasteiger partial charge in [0.2, 0.25) is 0 Å². The van der Waals surface area contributed by atoms with Crippen molar-refractivity contribution in [2.45, 2.75) is 20.8 Å². The van der Waals surface area contributed by atoms with E-state index in [1.807, 2.05) is 62.4 Å². The van der Waals surface area contributed by atoms with E-state index in [2.05, 4.69) is 9.97 Å². The average Bonchev–Trinajstić information content (AvgIpc) is 2.73. The number of aromatic nitrogens is 2. The molecule has 0 radical (unpaired) electrons. The molecule has 4 rings (SSSR count). The molecule has 2 heterocycles. The van der Waals surface area contributed by atoms with Gasteiger partial charge in [-0.1, -0.05) is 71.2 Å². The van der Waals surface area contributed by atoms with E-state index in [0.29, 0.717) is 33.9 Å². The Hall–Kier alpha value is -3.67. The molecule has 0 spiro atoms. The number of carbonyl (C=O) groups excluding carboxylic acids is 1. The summed E-state index contributed by atoms with van der Waals surface area (Å²) in [5.74, 6) is -1.19. The zero-order valence-corrected chi connectivity index (χ0v) is 19.5. The van der Waals surface area contributed by atoms with E-state index in [-0.39, 0.29) is 28.6 Å². The smallest absolute Gasteiger partial charge is 0.872 e. The fraction of sp³-hybridized carbons (Fsp3) is 0.115. The van der Waals surface area contributed by atoms with Crippen LogP contribution in [0.4, 0.5) is 0 Å². The van der Waals surface area contributed by atoms with Crippen LogP contribution in [0.2, 0.25) is 0 Å². The summed E-state index contributed by atoms with van der Waals surface area (Å²) in [6, 6.07) is 21.6. The Morgan fingerprint density at radius 2 is 1.00 bits per heavy atom. The molecule has 33 heavy (non-hydrogen) atoms. The van der Waals surface area contributed by atoms with Crippen LogP contribution >= 0.6 is 0 Å². The maximum Gasteiger partial charge on any atom is 3.00 e. The third kappa shape index (κ3) is 6.65. The van der Waals surface area contributed by atoms with Crippen molar-refractivity contribution in [2.75, 3.05) is 0 Å². The van der Waals surface area contributed by atoms with Crippen molar-refractivity contribution in [2.24, 2.45) is 0 Å². The minimum atomic E-state index is -1.08. The first-order valence-corrected chi connectivity index (χ1v) is 9.93. The van der Waals surface area contributed by atoms with Crippen molar-refractivity contribution in [1.29, 1.82) is 0 Å². The van der Waals surface area contributed by atoms with Crippen molar-refractivity contribution in [3.63, 3.8) is 0 Å². The van der Waals surface area contributed by atoms with Gasteiger partial charge in [0.25, 0.3) is 0 Å². The number of aliphatic carboxylic acids is 1. The number of nitrogens with zero attached hydrogens (tertiary/aromatic N) is 2. The largest absolute Gasteiger partial charge is 3.00 e. The van der Waals surface area contributed by atoms with Gasteiger partial charge in [-0.3, -0.25) is 0 Å². The Kier molecular flexibility index (Phi) is 8.74. The molecule has 0 aliphatic heterocycles. The SMILES string of the molecule is CC(=O)[O-].Cc1ccc(-c2cccc(-c3cccc(-c4ccc(C)cc4[O-])n3)n2)c([O-])c1.[Mn+3]. The summed E-state index contributed by atoms with van der Waals surface area (Å²) < 4.78 is 0. The van der Waals surface area contributed by atoms with Crippen molar-refractivity contribution < 1.29 is 37.2 Å². The van der Waals surface area contributed by atoms with Crippen molar-refractivity contribution >= 4 is 5.97 Å². The summed E-state index contributed by atoms with van der Waals surface area (Å²) >= 11 is 0. The topological polar surface area (TPSA) is 112 Å². The van der Waals surface area contributed by atoms with E-state index in [4.69, 9.17) is 9.90 Å². The van der Waals surface area contributed by atoms with E-state index < -0.39 is 5.97 Å². The number of carboxylic acid groups (broad SMARTS) is 1. The molecule has 0 aliphatic carbocycles. The van der Waals surface area contributed by atoms with Gasteiger partial charge in [0.05, 0.1) is 22.8 Å². The Morgan fingerprint density at radius 1 is 0.667 bits per heavy atom. The number of carbonyl (C=O) groups is 1. The van der Waals surface area contributed by atoms with Crippen LogP contribution in [-0.2, 0) is 21.9 Å². The number of benzene rings is 2. The number of hydrogen-bond donors (Lipinski definition) is 0. The van der Waals surface area contributed by atoms with Gasteiger partial charge < -0.3 is 20.1 Å². The van der Waals surface area contributed by atoms with Gasteiger partial charge >= 0.3 is 17.1 Å². The summed E-state index contributed by atoms with van der Waals surface area (Å²) in [5.41, 5.74) is 5.48. The maximum absolute atomic E-state index is 12.3. The van der Waals surface area contributed by atoms with Crippen LogP contribution in [0.1, 0.15) is 18.1 Å². The second-order valence-electron chi connectivity index (χ2n) is 7.31. The molecule has 0 fully saturated rings. The fourth-order valence-corrected chi connectivity index (χ4v) is 3.14. The van der Waals surface area contributed by atoms with Crippen LogP contribution in [0.25, 0.3) is 33.9 Å². The van der Waals surface area contributed by atoms with E-state index in [9.17, 15) is 10.2 Å². The molecule has 0 aliphatic rings. The quantitative estimate of drug-likeness (QED) is 0.417. The van der Waals surface area contributed by atoms with Gasteiger partial charge in [-0.25, -0.2) is 9.97 Å². The zero-order chi connectivity index (χ0) is 23.3. The van der Waals surface area contributed by atoms with Gasteiger partial charge in [0.1, 0.15) is 0 Å². The Bertz CT molecular complexity index is 1180. The predicted molar refractivity (Wildman–Crippen MR) is 117 cm³/mol. The van der Waals surface area contributed by atoms with Gasteiger partial charge in [-0.2, -0.15) is 0 Å². The third-order valence-electron chi connectivity index (χ3n) is 4.59. The van der Waals surface area contributed by atoms with Gasteiger partial charge in [-0.05, 0) is 56.2 Å². The second kappa shape index (κ2) is 11.3. The summed E-state index contributed by atoms with van der Waals surface area (Å²) in [5, 5.41) is 33.5. The fourth-order valence-electron chi connectivity index (χ4n) is 3.14. The first kappa shape index (κ1) is 25.6. The number of rotatable bonds is 3. The molecule has 0 unspecified atom stereocenters. The first-order valence-electron chi connectivity index (χ1n) is 9.93. The molecule has 6 nitrogen and oxygen atoms in total. The molecule has 0 saturated heterocycles. The maximum atomic E-state index is 12.3. The molecule has 0 saturated carbocycles. The van der Waals surface area contributed by atoms with E-state index in [0.717, 1.165) is 18.1 Å². The van der Waals surface area contributed by atoms with E-state index >= 15 is 0 Å². The molecular formula is C26H21MnN2O4. The molecule has 2 aromatic carbocycles. The average molecular weight is 480 g/mol. The van der Waals surface area contributed by atoms with Crippen molar-refractivity contribution in [1.82, 2.24) is 9.97 Å². The van der Waals surface area contributed by atoms with Crippen LogP contribution in [0.3, 0.4) is 0 Å². The van der Waals surface area contributed by atoms with Crippen LogP contribution in [0, 0.1) is 13.8 Å². The standard InChI is InChI=1S/C24H20N2O2.C2H4O2.Mn/c1-15-9-11-17(23(27)13-15)19-5-3-7-21(25-19)22-8-4-6-20(26-22)18-12-10-16(2)14-24(18)28;1-2(3)4;/h3-14,27-28H,1-2H3;1H3,(H,3,4);/q;;+3/p-3. The minimum absolute atomic E-state index is 0. The first-order chi connectivity index (χ1) is 15.2. The normalized spacial score (nSPS) is 9.91. The monoisotopic (exact) mass is 480 g/mol. The molecule has 166 valence electrons. The Labute approximate surface area is 203 Å². The van der Waals surface area contributed by atoms with Crippen molar-refractivity contribution in [3.8, 4) is 45.4 Å². The number of pyridine rings is 2. The Morgan fingerprint density at radius 3 is 1.33 bits per heavy atom. The molecular weight excluding hydrogens is 459 g/mol. The number of aryl methyl sites for hydroxylation is 2. The molecule has 0 atom stereocenters.